The molecule has 2 aliphatic rings. The van der Waals surface area contributed by atoms with Crippen LogP contribution >= 0.6 is 11.8 Å². The molecule has 0 aromatic rings. The number of ether oxygens (including phenoxy) is 1. The van der Waals surface area contributed by atoms with E-state index >= 15 is 0 Å². The number of amides is 1. The number of carbonyl (C=O) groups is 2. The van der Waals surface area contributed by atoms with Gasteiger partial charge in [-0.3, -0.25) is 4.79 Å². The highest BCUT2D eigenvalue weighted by molar-refractivity contribution is 8.00. The van der Waals surface area contributed by atoms with Gasteiger partial charge < -0.3 is 9.64 Å². The number of rotatable bonds is 0. The van der Waals surface area contributed by atoms with E-state index in [-0.39, 0.29) is 17.9 Å². The maximum Gasteiger partial charge on any atom is 0.410 e. The van der Waals surface area contributed by atoms with Crippen LogP contribution in [0.1, 0.15) is 40.0 Å². The minimum absolute atomic E-state index is 0.0415. The summed E-state index contributed by atoms with van der Waals surface area (Å²) in [6, 6.07) is 0.0415. The van der Waals surface area contributed by atoms with Crippen molar-refractivity contribution in [2.45, 2.75) is 56.9 Å². The van der Waals surface area contributed by atoms with Gasteiger partial charge in [0.15, 0.2) is 0 Å². The van der Waals surface area contributed by atoms with Crippen molar-refractivity contribution in [1.29, 1.82) is 0 Å². The zero-order chi connectivity index (χ0) is 13.3. The van der Waals surface area contributed by atoms with Gasteiger partial charge in [0.1, 0.15) is 11.4 Å². The van der Waals surface area contributed by atoms with Crippen LogP contribution < -0.4 is 0 Å². The minimum atomic E-state index is -0.476. The Labute approximate surface area is 112 Å². The molecular formula is C13H21NO3S. The van der Waals surface area contributed by atoms with Crippen LogP contribution in [0.3, 0.4) is 0 Å². The number of hydrogen-bond donors (Lipinski definition) is 0. The van der Waals surface area contributed by atoms with Gasteiger partial charge >= 0.3 is 6.09 Å². The number of ketones is 1. The summed E-state index contributed by atoms with van der Waals surface area (Å²) in [6.07, 6.45) is 1.79. The molecule has 0 N–H and O–H groups in total. The number of nitrogens with zero attached hydrogens (tertiary/aromatic N) is 1. The second kappa shape index (κ2) is 5.11. The lowest BCUT2D eigenvalue weighted by Crippen LogP contribution is -2.54. The first kappa shape index (κ1) is 13.7. The normalized spacial score (nSPS) is 28.8. The van der Waals surface area contributed by atoms with E-state index in [1.54, 1.807) is 4.90 Å². The van der Waals surface area contributed by atoms with E-state index in [1.165, 1.54) is 0 Å². The van der Waals surface area contributed by atoms with E-state index < -0.39 is 5.60 Å². The molecule has 0 spiro atoms. The molecule has 0 aromatic heterocycles. The molecule has 5 heteroatoms. The van der Waals surface area contributed by atoms with E-state index in [2.05, 4.69) is 0 Å². The number of Topliss-reactive ketones (excluding diaryl/α,β-unsaturated/α-hetero) is 1. The zero-order valence-corrected chi connectivity index (χ0v) is 12.1. The average Bonchev–Trinajstić information content (AvgIpc) is 2.25. The fraction of sp³-hybridized carbons (Fsp3) is 0.846. The SMILES string of the molecule is CC(C)(C)OC(=O)N1CCSC2CCC(=O)CC21. The molecule has 1 heterocycles. The Morgan fingerprint density at radius 1 is 1.44 bits per heavy atom. The summed E-state index contributed by atoms with van der Waals surface area (Å²) in [5, 5.41) is 0.406. The lowest BCUT2D eigenvalue weighted by atomic mass is 9.92. The van der Waals surface area contributed by atoms with Gasteiger partial charge in [0.25, 0.3) is 0 Å². The summed E-state index contributed by atoms with van der Waals surface area (Å²) in [6.45, 7) is 6.29. The fourth-order valence-corrected chi connectivity index (χ4v) is 3.84. The third-order valence-electron chi connectivity index (χ3n) is 3.27. The first-order valence-corrected chi connectivity index (χ1v) is 7.54. The highest BCUT2D eigenvalue weighted by atomic mass is 32.2. The summed E-state index contributed by atoms with van der Waals surface area (Å²) < 4.78 is 5.43. The average molecular weight is 271 g/mol. The van der Waals surface area contributed by atoms with Gasteiger partial charge in [0.05, 0.1) is 6.04 Å². The lowest BCUT2D eigenvalue weighted by Gasteiger charge is -2.43. The Hall–Kier alpha value is -0.710. The van der Waals surface area contributed by atoms with E-state index in [0.29, 0.717) is 24.6 Å². The molecule has 1 amide bonds. The van der Waals surface area contributed by atoms with Gasteiger partial charge in [0.2, 0.25) is 0 Å². The molecule has 18 heavy (non-hydrogen) atoms. The first-order valence-electron chi connectivity index (χ1n) is 6.50. The largest absolute Gasteiger partial charge is 0.444 e. The van der Waals surface area contributed by atoms with Gasteiger partial charge in [0, 0.05) is 30.4 Å². The molecule has 102 valence electrons. The van der Waals surface area contributed by atoms with Crippen LogP contribution in [0.15, 0.2) is 0 Å². The minimum Gasteiger partial charge on any atom is -0.444 e. The highest BCUT2D eigenvalue weighted by Gasteiger charge is 2.40. The Morgan fingerprint density at radius 2 is 2.17 bits per heavy atom. The number of hydrogen-bond acceptors (Lipinski definition) is 4. The van der Waals surface area contributed by atoms with Gasteiger partial charge in [-0.25, -0.2) is 4.79 Å². The van der Waals surface area contributed by atoms with Crippen molar-refractivity contribution in [2.24, 2.45) is 0 Å². The Kier molecular flexibility index (Phi) is 3.90. The van der Waals surface area contributed by atoms with Crippen LogP contribution in [0.2, 0.25) is 0 Å². The monoisotopic (exact) mass is 271 g/mol. The lowest BCUT2D eigenvalue weighted by molar-refractivity contribution is -0.121. The van der Waals surface area contributed by atoms with Crippen LogP contribution in [0.25, 0.3) is 0 Å². The molecule has 0 bridgehead atoms. The van der Waals surface area contributed by atoms with E-state index in [1.807, 2.05) is 32.5 Å². The van der Waals surface area contributed by atoms with Crippen molar-refractivity contribution in [1.82, 2.24) is 4.90 Å². The number of thioether (sulfide) groups is 1. The summed E-state index contributed by atoms with van der Waals surface area (Å²) in [5.41, 5.74) is -0.476. The number of fused-ring (bicyclic) bond motifs is 1. The fourth-order valence-electron chi connectivity index (χ4n) is 2.48. The molecule has 2 atom stereocenters. The van der Waals surface area contributed by atoms with Gasteiger partial charge in [-0.05, 0) is 27.2 Å². The third-order valence-corrected chi connectivity index (χ3v) is 4.66. The van der Waals surface area contributed by atoms with Crippen LogP contribution in [-0.2, 0) is 9.53 Å². The van der Waals surface area contributed by atoms with E-state index in [0.717, 1.165) is 12.2 Å². The quantitative estimate of drug-likeness (QED) is 0.679. The molecule has 2 fully saturated rings. The summed E-state index contributed by atoms with van der Waals surface area (Å²) in [7, 11) is 0. The van der Waals surface area contributed by atoms with Crippen molar-refractivity contribution >= 4 is 23.6 Å². The smallest absolute Gasteiger partial charge is 0.410 e. The summed E-state index contributed by atoms with van der Waals surface area (Å²) in [4.78, 5) is 25.5. The molecule has 0 aromatic carbocycles. The molecule has 1 saturated heterocycles. The van der Waals surface area contributed by atoms with Crippen LogP contribution in [0, 0.1) is 0 Å². The molecule has 0 radical (unpaired) electrons. The molecule has 1 aliphatic heterocycles. The van der Waals surface area contributed by atoms with E-state index in [4.69, 9.17) is 4.74 Å². The molecule has 2 unspecified atom stereocenters. The summed E-state index contributed by atoms with van der Waals surface area (Å²) >= 11 is 1.89. The molecule has 2 rings (SSSR count). The first-order chi connectivity index (χ1) is 8.37. The number of carbonyl (C=O) groups excluding carboxylic acids is 2. The van der Waals surface area contributed by atoms with Gasteiger partial charge in [-0.2, -0.15) is 11.8 Å². The Balaban J connectivity index is 2.06. The predicted molar refractivity (Wildman–Crippen MR) is 71.8 cm³/mol. The van der Waals surface area contributed by atoms with Crippen molar-refractivity contribution < 1.29 is 14.3 Å². The third kappa shape index (κ3) is 3.19. The van der Waals surface area contributed by atoms with Crippen LogP contribution in [0.4, 0.5) is 4.79 Å². The van der Waals surface area contributed by atoms with Crippen molar-refractivity contribution in [3.8, 4) is 0 Å². The second-order valence-electron chi connectivity index (χ2n) is 5.93. The van der Waals surface area contributed by atoms with Crippen LogP contribution in [-0.4, -0.2) is 46.0 Å². The molecule has 1 aliphatic carbocycles. The standard InChI is InChI=1S/C13H21NO3S/c1-13(2,3)17-12(16)14-6-7-18-11-5-4-9(15)8-10(11)14/h10-11H,4-8H2,1-3H3. The molecule has 1 saturated carbocycles. The van der Waals surface area contributed by atoms with Crippen molar-refractivity contribution in [3.05, 3.63) is 0 Å². The van der Waals surface area contributed by atoms with Crippen molar-refractivity contribution in [3.63, 3.8) is 0 Å². The summed E-state index contributed by atoms with van der Waals surface area (Å²) in [5.74, 6) is 1.21. The van der Waals surface area contributed by atoms with Gasteiger partial charge in [-0.1, -0.05) is 0 Å². The Morgan fingerprint density at radius 3 is 2.83 bits per heavy atom. The maximum absolute atomic E-state index is 12.2. The molecule has 4 nitrogen and oxygen atoms in total. The second-order valence-corrected chi connectivity index (χ2v) is 7.28. The highest BCUT2D eigenvalue weighted by Crippen LogP contribution is 2.34. The van der Waals surface area contributed by atoms with Gasteiger partial charge in [-0.15, -0.1) is 0 Å². The van der Waals surface area contributed by atoms with E-state index in [9.17, 15) is 9.59 Å². The maximum atomic E-state index is 12.2. The molecular weight excluding hydrogens is 250 g/mol. The zero-order valence-electron chi connectivity index (χ0n) is 11.3. The topological polar surface area (TPSA) is 46.6 Å². The van der Waals surface area contributed by atoms with Crippen LogP contribution in [0.5, 0.6) is 0 Å². The predicted octanol–water partition coefficient (Wildman–Crippen LogP) is 2.46. The van der Waals surface area contributed by atoms with Crippen molar-refractivity contribution in [2.75, 3.05) is 12.3 Å². The Bertz CT molecular complexity index is 351.